The van der Waals surface area contributed by atoms with Gasteiger partial charge in [0.1, 0.15) is 6.10 Å². The zero-order valence-corrected chi connectivity index (χ0v) is 9.84. The standard InChI is InChI=1S/C14H16O3/c1-2-16-14(15)17-13-9-8-12(10-13)11-6-4-3-5-7-11/h3-9,12-13H,2,10H2,1H3/t12-,13-/m0/s1. The van der Waals surface area contributed by atoms with Gasteiger partial charge in [-0.3, -0.25) is 0 Å². The molecular weight excluding hydrogens is 216 g/mol. The van der Waals surface area contributed by atoms with Crippen LogP contribution < -0.4 is 0 Å². The first-order chi connectivity index (χ1) is 8.29. The van der Waals surface area contributed by atoms with E-state index in [0.29, 0.717) is 12.5 Å². The average molecular weight is 232 g/mol. The molecule has 0 heterocycles. The van der Waals surface area contributed by atoms with Crippen LogP contribution in [0.25, 0.3) is 0 Å². The quantitative estimate of drug-likeness (QED) is 0.592. The van der Waals surface area contributed by atoms with Crippen LogP contribution in [0.5, 0.6) is 0 Å². The summed E-state index contributed by atoms with van der Waals surface area (Å²) in [6.07, 6.45) is 4.05. The van der Waals surface area contributed by atoms with Gasteiger partial charge in [0.05, 0.1) is 6.61 Å². The van der Waals surface area contributed by atoms with E-state index < -0.39 is 6.16 Å². The Morgan fingerprint density at radius 3 is 2.76 bits per heavy atom. The van der Waals surface area contributed by atoms with Crippen molar-refractivity contribution in [3.63, 3.8) is 0 Å². The van der Waals surface area contributed by atoms with Crippen molar-refractivity contribution in [2.45, 2.75) is 25.4 Å². The van der Waals surface area contributed by atoms with Gasteiger partial charge in [-0.05, 0) is 25.0 Å². The van der Waals surface area contributed by atoms with Crippen molar-refractivity contribution in [2.24, 2.45) is 0 Å². The number of hydrogen-bond donors (Lipinski definition) is 0. The van der Waals surface area contributed by atoms with Crippen LogP contribution in [0, 0.1) is 0 Å². The SMILES string of the molecule is CCOC(=O)O[C@H]1C=C[C@H](c2ccccc2)C1. The van der Waals surface area contributed by atoms with Crippen molar-refractivity contribution in [3.8, 4) is 0 Å². The van der Waals surface area contributed by atoms with E-state index >= 15 is 0 Å². The molecule has 1 aromatic carbocycles. The fourth-order valence-corrected chi connectivity index (χ4v) is 1.98. The zero-order chi connectivity index (χ0) is 12.1. The molecule has 0 unspecified atom stereocenters. The molecule has 0 aliphatic heterocycles. The van der Waals surface area contributed by atoms with Crippen LogP contribution in [0.3, 0.4) is 0 Å². The minimum Gasteiger partial charge on any atom is -0.435 e. The van der Waals surface area contributed by atoms with Crippen LogP contribution in [-0.2, 0) is 9.47 Å². The molecule has 1 aromatic rings. The number of carbonyl (C=O) groups is 1. The molecule has 2 atom stereocenters. The lowest BCUT2D eigenvalue weighted by Crippen LogP contribution is -2.16. The molecule has 0 aromatic heterocycles. The molecule has 2 rings (SSSR count). The van der Waals surface area contributed by atoms with Crippen LogP contribution in [0.4, 0.5) is 4.79 Å². The van der Waals surface area contributed by atoms with E-state index in [4.69, 9.17) is 9.47 Å². The third-order valence-corrected chi connectivity index (χ3v) is 2.78. The molecular formula is C14H16O3. The molecule has 0 bridgehead atoms. The summed E-state index contributed by atoms with van der Waals surface area (Å²) in [6, 6.07) is 10.2. The Morgan fingerprint density at radius 2 is 2.06 bits per heavy atom. The number of carbonyl (C=O) groups excluding carboxylic acids is 1. The van der Waals surface area contributed by atoms with E-state index in [2.05, 4.69) is 18.2 Å². The monoisotopic (exact) mass is 232 g/mol. The highest BCUT2D eigenvalue weighted by molar-refractivity contribution is 5.60. The molecule has 3 nitrogen and oxygen atoms in total. The van der Waals surface area contributed by atoms with Crippen molar-refractivity contribution in [1.29, 1.82) is 0 Å². The van der Waals surface area contributed by atoms with Crippen LogP contribution >= 0.6 is 0 Å². The predicted octanol–water partition coefficient (Wildman–Crippen LogP) is 3.27. The Bertz CT molecular complexity index is 397. The van der Waals surface area contributed by atoms with E-state index in [0.717, 1.165) is 6.42 Å². The Labute approximate surface area is 101 Å². The van der Waals surface area contributed by atoms with E-state index in [-0.39, 0.29) is 6.10 Å². The Balaban J connectivity index is 1.89. The number of benzene rings is 1. The number of rotatable bonds is 3. The third-order valence-electron chi connectivity index (χ3n) is 2.78. The first kappa shape index (κ1) is 11.7. The average Bonchev–Trinajstić information content (AvgIpc) is 2.79. The molecule has 90 valence electrons. The van der Waals surface area contributed by atoms with E-state index in [9.17, 15) is 4.79 Å². The second-order valence-electron chi connectivity index (χ2n) is 3.98. The van der Waals surface area contributed by atoms with E-state index in [1.165, 1.54) is 5.56 Å². The summed E-state index contributed by atoms with van der Waals surface area (Å²) in [5.41, 5.74) is 1.25. The molecule has 17 heavy (non-hydrogen) atoms. The Hall–Kier alpha value is -1.77. The van der Waals surface area contributed by atoms with Gasteiger partial charge in [-0.1, -0.05) is 36.4 Å². The molecule has 0 saturated heterocycles. The molecule has 0 amide bonds. The minimum absolute atomic E-state index is 0.167. The second kappa shape index (κ2) is 5.53. The molecule has 3 heteroatoms. The lowest BCUT2D eigenvalue weighted by molar-refractivity contribution is 0.0398. The van der Waals surface area contributed by atoms with E-state index in [1.807, 2.05) is 24.3 Å². The summed E-state index contributed by atoms with van der Waals surface area (Å²) < 4.78 is 9.91. The van der Waals surface area contributed by atoms with Crippen molar-refractivity contribution >= 4 is 6.16 Å². The highest BCUT2D eigenvalue weighted by atomic mass is 16.7. The van der Waals surface area contributed by atoms with Gasteiger partial charge in [0.15, 0.2) is 0 Å². The maximum Gasteiger partial charge on any atom is 0.508 e. The molecule has 0 N–H and O–H groups in total. The van der Waals surface area contributed by atoms with Gasteiger partial charge in [0.2, 0.25) is 0 Å². The highest BCUT2D eigenvalue weighted by Crippen LogP contribution is 2.29. The number of hydrogen-bond acceptors (Lipinski definition) is 3. The zero-order valence-electron chi connectivity index (χ0n) is 9.84. The Kier molecular flexibility index (Phi) is 3.81. The largest absolute Gasteiger partial charge is 0.508 e. The highest BCUT2D eigenvalue weighted by Gasteiger charge is 2.23. The molecule has 0 radical (unpaired) electrons. The molecule has 1 aliphatic carbocycles. The Morgan fingerprint density at radius 1 is 1.29 bits per heavy atom. The maximum absolute atomic E-state index is 11.2. The maximum atomic E-state index is 11.2. The van der Waals surface area contributed by atoms with Gasteiger partial charge < -0.3 is 9.47 Å². The second-order valence-corrected chi connectivity index (χ2v) is 3.98. The van der Waals surface area contributed by atoms with Gasteiger partial charge in [0, 0.05) is 5.92 Å². The summed E-state index contributed by atoms with van der Waals surface area (Å²) >= 11 is 0. The van der Waals surface area contributed by atoms with Gasteiger partial charge >= 0.3 is 6.16 Å². The molecule has 0 fully saturated rings. The summed E-state index contributed by atoms with van der Waals surface area (Å²) in [5, 5.41) is 0. The summed E-state index contributed by atoms with van der Waals surface area (Å²) in [5.74, 6) is 0.329. The van der Waals surface area contributed by atoms with Gasteiger partial charge in [0.25, 0.3) is 0 Å². The number of allylic oxidation sites excluding steroid dienone is 1. The lowest BCUT2D eigenvalue weighted by atomic mass is 9.98. The number of ether oxygens (including phenoxy) is 2. The normalized spacial score (nSPS) is 22.4. The lowest BCUT2D eigenvalue weighted by Gasteiger charge is -2.13. The van der Waals surface area contributed by atoms with Crippen molar-refractivity contribution in [1.82, 2.24) is 0 Å². The van der Waals surface area contributed by atoms with Crippen LogP contribution in [0.1, 0.15) is 24.8 Å². The van der Waals surface area contributed by atoms with Gasteiger partial charge in [-0.15, -0.1) is 0 Å². The topological polar surface area (TPSA) is 35.5 Å². The van der Waals surface area contributed by atoms with Crippen molar-refractivity contribution in [2.75, 3.05) is 6.61 Å². The van der Waals surface area contributed by atoms with Crippen LogP contribution in [0.2, 0.25) is 0 Å². The smallest absolute Gasteiger partial charge is 0.435 e. The summed E-state index contributed by atoms with van der Waals surface area (Å²) in [4.78, 5) is 11.2. The van der Waals surface area contributed by atoms with Crippen molar-refractivity contribution < 1.29 is 14.3 Å². The third kappa shape index (κ3) is 3.09. The van der Waals surface area contributed by atoms with Gasteiger partial charge in [-0.25, -0.2) is 4.79 Å². The van der Waals surface area contributed by atoms with Crippen LogP contribution in [-0.4, -0.2) is 18.9 Å². The van der Waals surface area contributed by atoms with E-state index in [1.54, 1.807) is 6.92 Å². The molecule has 1 aliphatic rings. The first-order valence-electron chi connectivity index (χ1n) is 5.86. The molecule has 0 spiro atoms. The van der Waals surface area contributed by atoms with Crippen LogP contribution in [0.15, 0.2) is 42.5 Å². The van der Waals surface area contributed by atoms with Crippen molar-refractivity contribution in [3.05, 3.63) is 48.0 Å². The van der Waals surface area contributed by atoms with Gasteiger partial charge in [-0.2, -0.15) is 0 Å². The fraction of sp³-hybridized carbons (Fsp3) is 0.357. The first-order valence-corrected chi connectivity index (χ1v) is 5.86. The summed E-state index contributed by atoms with van der Waals surface area (Å²) in [6.45, 7) is 2.11. The fourth-order valence-electron chi connectivity index (χ4n) is 1.98. The minimum atomic E-state index is -0.587. The summed E-state index contributed by atoms with van der Waals surface area (Å²) in [7, 11) is 0. The molecule has 0 saturated carbocycles. The predicted molar refractivity (Wildman–Crippen MR) is 64.8 cm³/mol.